The minimum Gasteiger partial charge on any atom is -0.342 e. The molecule has 1 aliphatic heterocycles. The molecule has 0 saturated heterocycles. The predicted molar refractivity (Wildman–Crippen MR) is 184 cm³/mol. The van der Waals surface area contributed by atoms with E-state index < -0.39 is 0 Å². The zero-order valence-electron chi connectivity index (χ0n) is 25.2. The molecule has 1 aliphatic rings. The maximum Gasteiger partial charge on any atom is 0.262 e. The second-order valence-electron chi connectivity index (χ2n) is 11.8. The largest absolute Gasteiger partial charge is 0.342 e. The highest BCUT2D eigenvalue weighted by Gasteiger charge is 2.41. The van der Waals surface area contributed by atoms with Gasteiger partial charge in [0.15, 0.2) is 0 Å². The van der Waals surface area contributed by atoms with Crippen LogP contribution >= 0.6 is 0 Å². The van der Waals surface area contributed by atoms with E-state index in [2.05, 4.69) is 45.5 Å². The van der Waals surface area contributed by atoms with Gasteiger partial charge in [-0.2, -0.15) is 0 Å². The fraction of sp³-hybridized carbons (Fsp3) is 0.0732. The molecule has 8 rings (SSSR count). The van der Waals surface area contributed by atoms with Gasteiger partial charge in [0.25, 0.3) is 11.8 Å². The highest BCUT2D eigenvalue weighted by atomic mass is 16.2. The fourth-order valence-corrected chi connectivity index (χ4v) is 6.70. The molecule has 7 aromatic rings. The van der Waals surface area contributed by atoms with E-state index in [0.717, 1.165) is 49.6 Å². The number of imide groups is 1. The number of aromatic nitrogens is 2. The maximum atomic E-state index is 14.6. The van der Waals surface area contributed by atoms with Crippen molar-refractivity contribution in [1.82, 2.24) is 14.0 Å². The second-order valence-corrected chi connectivity index (χ2v) is 11.8. The van der Waals surface area contributed by atoms with Crippen LogP contribution < -0.4 is 0 Å². The number of amides is 2. The summed E-state index contributed by atoms with van der Waals surface area (Å²) in [5.41, 5.74) is 7.70. The SMILES string of the molecule is O=C1C(c2cn(Cc3ccccc3)c3ccccc23)=C(c2cn(Cc3ccccc3)c3ccccc23)C(=O)N1Cc1ccccc1. The van der Waals surface area contributed by atoms with Gasteiger partial charge < -0.3 is 9.13 Å². The van der Waals surface area contributed by atoms with E-state index in [1.807, 2.05) is 116 Å². The molecule has 0 aliphatic carbocycles. The van der Waals surface area contributed by atoms with Crippen LogP contribution in [0.25, 0.3) is 33.0 Å². The topological polar surface area (TPSA) is 47.2 Å². The van der Waals surface area contributed by atoms with Crippen molar-refractivity contribution in [3.8, 4) is 0 Å². The second kappa shape index (κ2) is 11.5. The number of hydrogen-bond donors (Lipinski definition) is 0. The third-order valence-corrected chi connectivity index (χ3v) is 8.86. The standard InChI is InChI=1S/C41H31N3O2/c45-40-38(34-27-42(24-29-14-4-1-5-15-29)36-22-12-10-20-32(34)36)39(41(46)44(40)26-31-18-8-3-9-19-31)35-28-43(25-30-16-6-2-7-17-30)37-23-13-11-21-33(35)37/h1-23,27-28H,24-26H2. The first kappa shape index (κ1) is 27.6. The van der Waals surface area contributed by atoms with Gasteiger partial charge in [0.2, 0.25) is 0 Å². The lowest BCUT2D eigenvalue weighted by Gasteiger charge is -2.15. The van der Waals surface area contributed by atoms with Crippen LogP contribution in [0.3, 0.4) is 0 Å². The molecule has 5 heteroatoms. The molecule has 0 unspecified atom stereocenters. The first-order valence-electron chi connectivity index (χ1n) is 15.5. The molecule has 0 bridgehead atoms. The van der Waals surface area contributed by atoms with Crippen LogP contribution in [0.15, 0.2) is 152 Å². The first-order valence-corrected chi connectivity index (χ1v) is 15.5. The van der Waals surface area contributed by atoms with Gasteiger partial charge in [-0.3, -0.25) is 14.5 Å². The number of nitrogens with zero attached hydrogens (tertiary/aromatic N) is 3. The molecule has 0 atom stereocenters. The van der Waals surface area contributed by atoms with Crippen LogP contribution in [0, 0.1) is 0 Å². The predicted octanol–water partition coefficient (Wildman–Crippen LogP) is 8.17. The van der Waals surface area contributed by atoms with E-state index in [-0.39, 0.29) is 18.4 Å². The lowest BCUT2D eigenvalue weighted by Crippen LogP contribution is -2.30. The Morgan fingerprint density at radius 1 is 0.391 bits per heavy atom. The van der Waals surface area contributed by atoms with Gasteiger partial charge in [-0.05, 0) is 28.8 Å². The van der Waals surface area contributed by atoms with Crippen molar-refractivity contribution in [3.63, 3.8) is 0 Å². The maximum absolute atomic E-state index is 14.6. The smallest absolute Gasteiger partial charge is 0.262 e. The Kier molecular flexibility index (Phi) is 6.92. The van der Waals surface area contributed by atoms with Gasteiger partial charge in [0, 0.05) is 58.4 Å². The van der Waals surface area contributed by atoms with Crippen LogP contribution in [0.4, 0.5) is 0 Å². The summed E-state index contributed by atoms with van der Waals surface area (Å²) >= 11 is 0. The molecule has 2 amide bonds. The third kappa shape index (κ3) is 4.83. The molecular formula is C41H31N3O2. The molecule has 3 heterocycles. The molecule has 0 radical (unpaired) electrons. The lowest BCUT2D eigenvalue weighted by atomic mass is 9.95. The first-order chi connectivity index (χ1) is 22.7. The molecule has 0 saturated carbocycles. The molecule has 0 spiro atoms. The zero-order chi connectivity index (χ0) is 31.0. The highest BCUT2D eigenvalue weighted by molar-refractivity contribution is 6.50. The fourth-order valence-electron chi connectivity index (χ4n) is 6.70. The number of carbonyl (C=O) groups is 2. The van der Waals surface area contributed by atoms with Crippen LogP contribution in [0.5, 0.6) is 0 Å². The molecule has 222 valence electrons. The molecular weight excluding hydrogens is 566 g/mol. The van der Waals surface area contributed by atoms with Gasteiger partial charge in [0.1, 0.15) is 0 Å². The molecule has 5 nitrogen and oxygen atoms in total. The molecule has 2 aromatic heterocycles. The monoisotopic (exact) mass is 597 g/mol. The van der Waals surface area contributed by atoms with Crippen molar-refractivity contribution >= 4 is 44.8 Å². The number of carbonyl (C=O) groups excluding carboxylic acids is 2. The zero-order valence-corrected chi connectivity index (χ0v) is 25.2. The van der Waals surface area contributed by atoms with E-state index >= 15 is 0 Å². The van der Waals surface area contributed by atoms with E-state index in [4.69, 9.17) is 0 Å². The average molecular weight is 598 g/mol. The molecule has 5 aromatic carbocycles. The van der Waals surface area contributed by atoms with Crippen LogP contribution in [-0.2, 0) is 29.2 Å². The van der Waals surface area contributed by atoms with Gasteiger partial charge in [-0.25, -0.2) is 0 Å². The highest BCUT2D eigenvalue weighted by Crippen LogP contribution is 2.42. The summed E-state index contributed by atoms with van der Waals surface area (Å²) in [4.78, 5) is 30.6. The summed E-state index contributed by atoms with van der Waals surface area (Å²) in [6.07, 6.45) is 4.10. The Hall–Kier alpha value is -5.94. The van der Waals surface area contributed by atoms with Crippen molar-refractivity contribution in [1.29, 1.82) is 0 Å². The van der Waals surface area contributed by atoms with Crippen molar-refractivity contribution in [2.24, 2.45) is 0 Å². The third-order valence-electron chi connectivity index (χ3n) is 8.86. The molecule has 0 fully saturated rings. The summed E-state index contributed by atoms with van der Waals surface area (Å²) in [5, 5.41) is 1.89. The lowest BCUT2D eigenvalue weighted by molar-refractivity contribution is -0.136. The summed E-state index contributed by atoms with van der Waals surface area (Å²) < 4.78 is 4.36. The van der Waals surface area contributed by atoms with Gasteiger partial charge in [0.05, 0.1) is 17.7 Å². The average Bonchev–Trinajstić information content (AvgIpc) is 3.72. The van der Waals surface area contributed by atoms with Crippen LogP contribution in [0.2, 0.25) is 0 Å². The Bertz CT molecular complexity index is 2120. The number of para-hydroxylation sites is 2. The van der Waals surface area contributed by atoms with Gasteiger partial charge in [-0.1, -0.05) is 127 Å². The summed E-state index contributed by atoms with van der Waals surface area (Å²) in [7, 11) is 0. The van der Waals surface area contributed by atoms with Crippen molar-refractivity contribution in [3.05, 3.63) is 180 Å². The minimum absolute atomic E-state index is 0.205. The number of hydrogen-bond acceptors (Lipinski definition) is 2. The molecule has 0 N–H and O–H groups in total. The van der Waals surface area contributed by atoms with E-state index in [9.17, 15) is 9.59 Å². The normalized spacial score (nSPS) is 13.4. The Morgan fingerprint density at radius 2 is 0.739 bits per heavy atom. The number of benzene rings is 5. The van der Waals surface area contributed by atoms with Crippen molar-refractivity contribution < 1.29 is 9.59 Å². The van der Waals surface area contributed by atoms with E-state index in [0.29, 0.717) is 24.2 Å². The summed E-state index contributed by atoms with van der Waals surface area (Å²) in [6.45, 7) is 1.50. The van der Waals surface area contributed by atoms with E-state index in [1.165, 1.54) is 4.90 Å². The Balaban J connectivity index is 1.34. The van der Waals surface area contributed by atoms with Crippen molar-refractivity contribution in [2.75, 3.05) is 0 Å². The van der Waals surface area contributed by atoms with Gasteiger partial charge in [-0.15, -0.1) is 0 Å². The van der Waals surface area contributed by atoms with Crippen LogP contribution in [-0.4, -0.2) is 25.8 Å². The Labute approximate surface area is 267 Å². The van der Waals surface area contributed by atoms with Crippen LogP contribution in [0.1, 0.15) is 27.8 Å². The number of fused-ring (bicyclic) bond motifs is 2. The van der Waals surface area contributed by atoms with E-state index in [1.54, 1.807) is 0 Å². The number of rotatable bonds is 8. The minimum atomic E-state index is -0.272. The quantitative estimate of drug-likeness (QED) is 0.166. The van der Waals surface area contributed by atoms with Crippen molar-refractivity contribution in [2.45, 2.75) is 19.6 Å². The summed E-state index contributed by atoms with van der Waals surface area (Å²) in [6, 6.07) is 46.6. The Morgan fingerprint density at radius 3 is 1.15 bits per heavy atom. The van der Waals surface area contributed by atoms with Gasteiger partial charge >= 0.3 is 0 Å². The summed E-state index contributed by atoms with van der Waals surface area (Å²) in [5.74, 6) is -0.544. The molecule has 46 heavy (non-hydrogen) atoms.